The van der Waals surface area contributed by atoms with E-state index in [1.54, 1.807) is 0 Å². The van der Waals surface area contributed by atoms with E-state index < -0.39 is 0 Å². The molecule has 2 N–H and O–H groups in total. The number of rotatable bonds is 2. The molecule has 2 unspecified atom stereocenters. The highest BCUT2D eigenvalue weighted by molar-refractivity contribution is 5.80. The number of fused-ring (bicyclic) bond motifs is 1. The van der Waals surface area contributed by atoms with Crippen molar-refractivity contribution >= 4 is 5.91 Å². The van der Waals surface area contributed by atoms with Crippen molar-refractivity contribution in [3.63, 3.8) is 0 Å². The number of carbonyl (C=O) groups excluding carboxylic acids is 1. The van der Waals surface area contributed by atoms with Crippen LogP contribution in [0.4, 0.5) is 0 Å². The van der Waals surface area contributed by atoms with E-state index in [0.29, 0.717) is 37.1 Å². The molecular formula is C15H26N2O2. The first-order chi connectivity index (χ1) is 9.31. The largest absolute Gasteiger partial charge is 0.374 e. The maximum Gasteiger partial charge on any atom is 0.226 e. The van der Waals surface area contributed by atoms with Crippen LogP contribution >= 0.6 is 0 Å². The Labute approximate surface area is 115 Å². The van der Waals surface area contributed by atoms with Crippen LogP contribution < -0.4 is 5.73 Å². The van der Waals surface area contributed by atoms with Crippen LogP contribution in [0.1, 0.15) is 44.9 Å². The quantitative estimate of drug-likeness (QED) is 0.824. The molecule has 1 aliphatic heterocycles. The molecular weight excluding hydrogens is 240 g/mol. The first-order valence-corrected chi connectivity index (χ1v) is 7.93. The van der Waals surface area contributed by atoms with Gasteiger partial charge in [0.1, 0.15) is 0 Å². The monoisotopic (exact) mass is 266 g/mol. The lowest BCUT2D eigenvalue weighted by Crippen LogP contribution is -2.56. The first kappa shape index (κ1) is 13.4. The molecule has 2 aliphatic carbocycles. The number of ether oxygens (including phenoxy) is 1. The lowest BCUT2D eigenvalue weighted by atomic mass is 9.87. The zero-order valence-electron chi connectivity index (χ0n) is 11.7. The third-order valence-electron chi connectivity index (χ3n) is 5.29. The van der Waals surface area contributed by atoms with Gasteiger partial charge in [-0.2, -0.15) is 0 Å². The summed E-state index contributed by atoms with van der Waals surface area (Å²) < 4.78 is 5.86. The Kier molecular flexibility index (Phi) is 4.08. The van der Waals surface area contributed by atoms with Crippen LogP contribution in [-0.2, 0) is 9.53 Å². The molecule has 0 aromatic rings. The normalized spacial score (nSPS) is 39.1. The van der Waals surface area contributed by atoms with Crippen molar-refractivity contribution < 1.29 is 9.53 Å². The average Bonchev–Trinajstić information content (AvgIpc) is 2.94. The number of nitrogens with two attached hydrogens (primary N) is 1. The predicted octanol–water partition coefficient (Wildman–Crippen LogP) is 1.53. The fourth-order valence-electron chi connectivity index (χ4n) is 4.23. The van der Waals surface area contributed by atoms with Crippen LogP contribution in [0.2, 0.25) is 0 Å². The highest BCUT2D eigenvalue weighted by Gasteiger charge is 2.41. The molecule has 1 amide bonds. The van der Waals surface area contributed by atoms with Crippen molar-refractivity contribution in [3.05, 3.63) is 0 Å². The molecule has 3 rings (SSSR count). The molecule has 3 fully saturated rings. The maximum atomic E-state index is 12.8. The minimum Gasteiger partial charge on any atom is -0.374 e. The lowest BCUT2D eigenvalue weighted by molar-refractivity contribution is -0.154. The molecule has 4 atom stereocenters. The van der Waals surface area contributed by atoms with Gasteiger partial charge in [0, 0.05) is 12.5 Å². The van der Waals surface area contributed by atoms with E-state index >= 15 is 0 Å². The Hall–Kier alpha value is -0.610. The highest BCUT2D eigenvalue weighted by atomic mass is 16.5. The summed E-state index contributed by atoms with van der Waals surface area (Å²) in [6.07, 6.45) is 8.36. The van der Waals surface area contributed by atoms with Gasteiger partial charge in [0.15, 0.2) is 0 Å². The summed E-state index contributed by atoms with van der Waals surface area (Å²) in [5, 5.41) is 0. The van der Waals surface area contributed by atoms with Crippen molar-refractivity contribution in [2.45, 2.75) is 57.1 Å². The van der Waals surface area contributed by atoms with Crippen LogP contribution in [0.15, 0.2) is 0 Å². The van der Waals surface area contributed by atoms with E-state index in [9.17, 15) is 4.79 Å². The number of morpholine rings is 1. The van der Waals surface area contributed by atoms with E-state index in [0.717, 1.165) is 38.6 Å². The number of amides is 1. The van der Waals surface area contributed by atoms with Gasteiger partial charge in [-0.25, -0.2) is 0 Å². The van der Waals surface area contributed by atoms with E-state index in [-0.39, 0.29) is 5.92 Å². The Balaban J connectivity index is 1.71. The molecule has 4 heteroatoms. The molecule has 0 bridgehead atoms. The third-order valence-corrected chi connectivity index (χ3v) is 5.29. The van der Waals surface area contributed by atoms with Gasteiger partial charge in [0.05, 0.1) is 18.8 Å². The number of hydrogen-bond donors (Lipinski definition) is 1. The van der Waals surface area contributed by atoms with Crippen LogP contribution in [0, 0.1) is 11.8 Å². The standard InChI is InChI=1S/C15H26N2O2/c16-10-11-4-3-5-12(11)15(18)17-8-9-19-14-7-2-1-6-13(14)17/h11-14H,1-10,16H2/t11-,12-,13?,14?/m1/s1. The third kappa shape index (κ3) is 2.52. The number of nitrogens with zero attached hydrogens (tertiary/aromatic N) is 1. The van der Waals surface area contributed by atoms with Crippen LogP contribution in [0.3, 0.4) is 0 Å². The van der Waals surface area contributed by atoms with Gasteiger partial charge in [0.25, 0.3) is 0 Å². The second kappa shape index (κ2) is 5.80. The fraction of sp³-hybridized carbons (Fsp3) is 0.933. The van der Waals surface area contributed by atoms with Crippen LogP contribution in [-0.4, -0.2) is 42.6 Å². The lowest BCUT2D eigenvalue weighted by Gasteiger charge is -2.45. The molecule has 1 heterocycles. The molecule has 0 aromatic carbocycles. The van der Waals surface area contributed by atoms with Gasteiger partial charge in [-0.15, -0.1) is 0 Å². The Bertz CT molecular complexity index is 332. The Morgan fingerprint density at radius 2 is 2.00 bits per heavy atom. The minimum absolute atomic E-state index is 0.186. The van der Waals surface area contributed by atoms with Gasteiger partial charge in [-0.1, -0.05) is 19.3 Å². The van der Waals surface area contributed by atoms with Gasteiger partial charge in [0.2, 0.25) is 5.91 Å². The van der Waals surface area contributed by atoms with E-state index in [2.05, 4.69) is 4.90 Å². The first-order valence-electron chi connectivity index (χ1n) is 7.93. The molecule has 19 heavy (non-hydrogen) atoms. The SMILES string of the molecule is NC[C@H]1CCC[C@H]1C(=O)N1CCOC2CCCCC21. The van der Waals surface area contributed by atoms with Gasteiger partial charge < -0.3 is 15.4 Å². The Morgan fingerprint density at radius 3 is 2.84 bits per heavy atom. The van der Waals surface area contributed by atoms with Crippen LogP contribution in [0.25, 0.3) is 0 Å². The molecule has 1 saturated heterocycles. The second-order valence-corrected chi connectivity index (χ2v) is 6.33. The molecule has 0 aromatic heterocycles. The van der Waals surface area contributed by atoms with Crippen molar-refractivity contribution in [2.24, 2.45) is 17.6 Å². The van der Waals surface area contributed by atoms with Gasteiger partial charge in [-0.3, -0.25) is 4.79 Å². The number of carbonyl (C=O) groups is 1. The summed E-state index contributed by atoms with van der Waals surface area (Å²) in [6, 6.07) is 0.342. The topological polar surface area (TPSA) is 55.6 Å². The molecule has 3 aliphatic rings. The average molecular weight is 266 g/mol. The minimum atomic E-state index is 0.186. The summed E-state index contributed by atoms with van der Waals surface area (Å²) in [5.41, 5.74) is 5.83. The molecule has 2 saturated carbocycles. The molecule has 0 spiro atoms. The summed E-state index contributed by atoms with van der Waals surface area (Å²) in [5.74, 6) is 0.969. The molecule has 108 valence electrons. The summed E-state index contributed by atoms with van der Waals surface area (Å²) >= 11 is 0. The zero-order valence-corrected chi connectivity index (χ0v) is 11.7. The van der Waals surface area contributed by atoms with Crippen molar-refractivity contribution in [1.82, 2.24) is 4.90 Å². The summed E-state index contributed by atoms with van der Waals surface area (Å²) in [6.45, 7) is 2.16. The fourth-order valence-corrected chi connectivity index (χ4v) is 4.23. The van der Waals surface area contributed by atoms with E-state index in [1.165, 1.54) is 12.8 Å². The zero-order chi connectivity index (χ0) is 13.2. The van der Waals surface area contributed by atoms with Crippen molar-refractivity contribution in [2.75, 3.05) is 19.7 Å². The number of hydrogen-bond acceptors (Lipinski definition) is 3. The maximum absolute atomic E-state index is 12.8. The van der Waals surface area contributed by atoms with Crippen molar-refractivity contribution in [1.29, 1.82) is 0 Å². The smallest absolute Gasteiger partial charge is 0.226 e. The highest BCUT2D eigenvalue weighted by Crippen LogP contribution is 2.35. The Morgan fingerprint density at radius 1 is 1.16 bits per heavy atom. The summed E-state index contributed by atoms with van der Waals surface area (Å²) in [7, 11) is 0. The van der Waals surface area contributed by atoms with E-state index in [4.69, 9.17) is 10.5 Å². The molecule has 4 nitrogen and oxygen atoms in total. The summed E-state index contributed by atoms with van der Waals surface area (Å²) in [4.78, 5) is 15.0. The van der Waals surface area contributed by atoms with Gasteiger partial charge in [-0.05, 0) is 38.1 Å². The molecule has 0 radical (unpaired) electrons. The second-order valence-electron chi connectivity index (χ2n) is 6.33. The van der Waals surface area contributed by atoms with Crippen LogP contribution in [0.5, 0.6) is 0 Å². The van der Waals surface area contributed by atoms with E-state index in [1.807, 2.05) is 0 Å². The van der Waals surface area contributed by atoms with Gasteiger partial charge >= 0.3 is 0 Å². The predicted molar refractivity (Wildman–Crippen MR) is 73.6 cm³/mol. The van der Waals surface area contributed by atoms with Crippen molar-refractivity contribution in [3.8, 4) is 0 Å².